The van der Waals surface area contributed by atoms with Crippen molar-refractivity contribution in [2.24, 2.45) is 5.73 Å². The Morgan fingerprint density at radius 2 is 1.88 bits per heavy atom. The molecule has 1 heterocycles. The predicted octanol–water partition coefficient (Wildman–Crippen LogP) is 0.873. The first-order valence-electron chi connectivity index (χ1n) is 8.06. The van der Waals surface area contributed by atoms with Gasteiger partial charge in [-0.05, 0) is 30.5 Å². The van der Waals surface area contributed by atoms with Crippen molar-refractivity contribution in [3.8, 4) is 0 Å². The van der Waals surface area contributed by atoms with E-state index in [-0.39, 0.29) is 37.4 Å². The van der Waals surface area contributed by atoms with Crippen LogP contribution in [0.3, 0.4) is 0 Å². The zero-order valence-electron chi connectivity index (χ0n) is 14.3. The highest BCUT2D eigenvalue weighted by atomic mass is 35.5. The second-order valence-corrected chi connectivity index (χ2v) is 7.77. The van der Waals surface area contributed by atoms with E-state index in [1.54, 1.807) is 24.3 Å². The van der Waals surface area contributed by atoms with Crippen LogP contribution in [0, 0.1) is 0 Å². The lowest BCUT2D eigenvalue weighted by Crippen LogP contribution is -2.32. The summed E-state index contributed by atoms with van der Waals surface area (Å²) in [6.07, 6.45) is 1.73. The minimum Gasteiger partial charge on any atom is -0.380 e. The number of halogens is 1. The van der Waals surface area contributed by atoms with Crippen molar-refractivity contribution in [1.29, 1.82) is 0 Å². The van der Waals surface area contributed by atoms with Crippen LogP contribution < -0.4 is 11.1 Å². The maximum absolute atomic E-state index is 12.4. The molecule has 3 N–H and O–H groups in total. The van der Waals surface area contributed by atoms with Gasteiger partial charge in [0.15, 0.2) is 0 Å². The average molecular weight is 392 g/mol. The highest BCUT2D eigenvalue weighted by Crippen LogP contribution is 2.21. The number of nitrogens with one attached hydrogen (secondary N) is 1. The van der Waals surface area contributed by atoms with Gasteiger partial charge in [-0.15, -0.1) is 12.4 Å². The third-order valence-electron chi connectivity index (χ3n) is 4.13. The number of hydrogen-bond donors (Lipinski definition) is 2. The minimum atomic E-state index is -3.39. The largest absolute Gasteiger partial charge is 0.380 e. The number of carbonyl (C=O) groups is 1. The molecule has 0 spiro atoms. The molecule has 0 aliphatic carbocycles. The van der Waals surface area contributed by atoms with E-state index in [4.69, 9.17) is 10.5 Å². The molecule has 0 aromatic heterocycles. The lowest BCUT2D eigenvalue weighted by molar-refractivity contribution is -0.123. The summed E-state index contributed by atoms with van der Waals surface area (Å²) in [5.41, 5.74) is 6.32. The van der Waals surface area contributed by atoms with Crippen LogP contribution in [-0.4, -0.2) is 51.5 Å². The Kier molecular flexibility index (Phi) is 8.81. The monoisotopic (exact) mass is 391 g/mol. The summed E-state index contributed by atoms with van der Waals surface area (Å²) in [5, 5.41) is 2.78. The van der Waals surface area contributed by atoms with Gasteiger partial charge in [0.25, 0.3) is 0 Å². The number of carbonyl (C=O) groups excluding carboxylic acids is 1. The Morgan fingerprint density at radius 1 is 1.28 bits per heavy atom. The smallest absolute Gasteiger partial charge is 0.243 e. The van der Waals surface area contributed by atoms with Crippen LogP contribution in [0.4, 0.5) is 0 Å². The number of methoxy groups -OCH3 is 1. The summed E-state index contributed by atoms with van der Waals surface area (Å²) in [4.78, 5) is 12.1. The van der Waals surface area contributed by atoms with Gasteiger partial charge in [0.05, 0.1) is 17.4 Å². The zero-order chi connectivity index (χ0) is 17.6. The van der Waals surface area contributed by atoms with Crippen molar-refractivity contribution in [3.63, 3.8) is 0 Å². The van der Waals surface area contributed by atoms with E-state index < -0.39 is 10.0 Å². The molecule has 1 unspecified atom stereocenters. The highest BCUT2D eigenvalue weighted by molar-refractivity contribution is 7.89. The average Bonchev–Trinajstić information content (AvgIpc) is 3.13. The van der Waals surface area contributed by atoms with E-state index in [9.17, 15) is 13.2 Å². The second-order valence-electron chi connectivity index (χ2n) is 5.83. The van der Waals surface area contributed by atoms with Crippen molar-refractivity contribution >= 4 is 28.3 Å². The van der Waals surface area contributed by atoms with Crippen molar-refractivity contribution in [3.05, 3.63) is 29.8 Å². The van der Waals surface area contributed by atoms with Crippen LogP contribution in [0.5, 0.6) is 0 Å². The van der Waals surface area contributed by atoms with Gasteiger partial charge in [-0.3, -0.25) is 4.79 Å². The fourth-order valence-electron chi connectivity index (χ4n) is 2.60. The lowest BCUT2D eigenvalue weighted by atomic mass is 10.2. The van der Waals surface area contributed by atoms with E-state index >= 15 is 0 Å². The van der Waals surface area contributed by atoms with E-state index in [0.717, 1.165) is 18.4 Å². The molecule has 1 aliphatic heterocycles. The molecule has 0 radical (unpaired) electrons. The van der Waals surface area contributed by atoms with Gasteiger partial charge >= 0.3 is 0 Å². The Balaban J connectivity index is 0.00000312. The molecule has 25 heavy (non-hydrogen) atoms. The van der Waals surface area contributed by atoms with Gasteiger partial charge < -0.3 is 15.8 Å². The van der Waals surface area contributed by atoms with Gasteiger partial charge in [0.1, 0.15) is 0 Å². The van der Waals surface area contributed by atoms with Crippen LogP contribution in [-0.2, 0) is 26.1 Å². The van der Waals surface area contributed by atoms with Crippen LogP contribution in [0.15, 0.2) is 29.2 Å². The highest BCUT2D eigenvalue weighted by Gasteiger charge is 2.26. The maximum atomic E-state index is 12.4. The number of rotatable bonds is 8. The van der Waals surface area contributed by atoms with Gasteiger partial charge in [0.2, 0.25) is 15.9 Å². The molecule has 1 aromatic rings. The van der Waals surface area contributed by atoms with Gasteiger partial charge in [-0.1, -0.05) is 12.1 Å². The molecule has 1 amide bonds. The number of amides is 1. The van der Waals surface area contributed by atoms with E-state index in [1.807, 2.05) is 0 Å². The van der Waals surface area contributed by atoms with Crippen LogP contribution in [0.2, 0.25) is 0 Å². The summed E-state index contributed by atoms with van der Waals surface area (Å²) >= 11 is 0. The SMILES string of the molecule is COC(CN)CC(=O)NCc1ccc(S(=O)(=O)N2CCCC2)cc1.Cl. The predicted molar refractivity (Wildman–Crippen MR) is 98.0 cm³/mol. The zero-order valence-corrected chi connectivity index (χ0v) is 15.9. The van der Waals surface area contributed by atoms with Gasteiger partial charge in [-0.2, -0.15) is 4.31 Å². The second kappa shape index (κ2) is 10.1. The molecule has 0 saturated carbocycles. The van der Waals surface area contributed by atoms with Gasteiger partial charge in [-0.25, -0.2) is 8.42 Å². The Hall–Kier alpha value is -1.19. The first-order chi connectivity index (χ1) is 11.5. The first-order valence-corrected chi connectivity index (χ1v) is 9.50. The third kappa shape index (κ3) is 5.93. The van der Waals surface area contributed by atoms with Crippen molar-refractivity contribution in [2.45, 2.75) is 36.8 Å². The summed E-state index contributed by atoms with van der Waals surface area (Å²) in [6, 6.07) is 6.62. The lowest BCUT2D eigenvalue weighted by Gasteiger charge is -2.16. The first kappa shape index (κ1) is 21.9. The molecule has 1 saturated heterocycles. The fourth-order valence-corrected chi connectivity index (χ4v) is 4.12. The Bertz CT molecular complexity index is 642. The van der Waals surface area contributed by atoms with E-state index in [0.29, 0.717) is 24.5 Å². The summed E-state index contributed by atoms with van der Waals surface area (Å²) in [5.74, 6) is -0.152. The van der Waals surface area contributed by atoms with Crippen molar-refractivity contribution < 1.29 is 17.9 Å². The van der Waals surface area contributed by atoms with Crippen molar-refractivity contribution in [1.82, 2.24) is 9.62 Å². The molecular formula is C16H26ClN3O4S. The Labute approximate surface area is 155 Å². The number of hydrogen-bond acceptors (Lipinski definition) is 5. The molecule has 1 atom stereocenters. The summed E-state index contributed by atoms with van der Waals surface area (Å²) in [7, 11) is -1.88. The van der Waals surface area contributed by atoms with Crippen LogP contribution in [0.1, 0.15) is 24.8 Å². The van der Waals surface area contributed by atoms with Crippen LogP contribution >= 0.6 is 12.4 Å². The molecule has 2 rings (SSSR count). The normalized spacial score (nSPS) is 16.2. The number of nitrogens with zero attached hydrogens (tertiary/aromatic N) is 1. The molecule has 0 bridgehead atoms. The molecular weight excluding hydrogens is 366 g/mol. The Morgan fingerprint density at radius 3 is 2.40 bits per heavy atom. The fraction of sp³-hybridized carbons (Fsp3) is 0.562. The quantitative estimate of drug-likeness (QED) is 0.684. The third-order valence-corrected chi connectivity index (χ3v) is 6.04. The maximum Gasteiger partial charge on any atom is 0.243 e. The number of nitrogens with two attached hydrogens (primary N) is 1. The molecule has 1 aliphatic rings. The van der Waals surface area contributed by atoms with Gasteiger partial charge in [0, 0.05) is 33.3 Å². The molecule has 7 nitrogen and oxygen atoms in total. The van der Waals surface area contributed by atoms with Crippen molar-refractivity contribution in [2.75, 3.05) is 26.7 Å². The molecule has 1 aromatic carbocycles. The van der Waals surface area contributed by atoms with E-state index in [1.165, 1.54) is 11.4 Å². The molecule has 9 heteroatoms. The molecule has 1 fully saturated rings. The number of sulfonamides is 1. The van der Waals surface area contributed by atoms with E-state index in [2.05, 4.69) is 5.32 Å². The number of benzene rings is 1. The summed E-state index contributed by atoms with van der Waals surface area (Å²) < 4.78 is 31.4. The van der Waals surface area contributed by atoms with Crippen LogP contribution in [0.25, 0.3) is 0 Å². The number of ether oxygens (including phenoxy) is 1. The topological polar surface area (TPSA) is 102 Å². The standard InChI is InChI=1S/C16H25N3O4S.ClH/c1-23-14(11-17)10-16(20)18-12-13-4-6-15(7-5-13)24(21,22)19-8-2-3-9-19;/h4-7,14H,2-3,8-12,17H2,1H3,(H,18,20);1H. The minimum absolute atomic E-state index is 0. The molecule has 142 valence electrons. The summed E-state index contributed by atoms with van der Waals surface area (Å²) in [6.45, 7) is 1.79.